The number of rotatable bonds is 6. The van der Waals surface area contributed by atoms with Crippen molar-refractivity contribution < 1.29 is 24.2 Å². The van der Waals surface area contributed by atoms with Gasteiger partial charge in [0.15, 0.2) is 0 Å². The van der Waals surface area contributed by atoms with Gasteiger partial charge < -0.3 is 19.9 Å². The molecule has 1 saturated heterocycles. The maximum Gasteiger partial charge on any atom is 0.305 e. The van der Waals surface area contributed by atoms with Crippen LogP contribution in [0.2, 0.25) is 0 Å². The van der Waals surface area contributed by atoms with E-state index in [2.05, 4.69) is 10.3 Å². The quantitative estimate of drug-likeness (QED) is 0.818. The minimum atomic E-state index is -0.928. The van der Waals surface area contributed by atoms with Crippen LogP contribution in [0.1, 0.15) is 39.6 Å². The summed E-state index contributed by atoms with van der Waals surface area (Å²) in [5.41, 5.74) is -0.119. The number of aliphatic carboxylic acids is 1. The smallest absolute Gasteiger partial charge is 0.305 e. The highest BCUT2D eigenvalue weighted by molar-refractivity contribution is 7.13. The molecule has 22 heavy (non-hydrogen) atoms. The molecule has 122 valence electrons. The molecule has 0 unspecified atom stereocenters. The van der Waals surface area contributed by atoms with E-state index in [1.807, 2.05) is 0 Å². The van der Waals surface area contributed by atoms with Gasteiger partial charge in [0.2, 0.25) is 0 Å². The summed E-state index contributed by atoms with van der Waals surface area (Å²) >= 11 is 1.27. The number of aromatic nitrogens is 1. The van der Waals surface area contributed by atoms with E-state index < -0.39 is 11.5 Å². The molecule has 2 heterocycles. The number of methoxy groups -OCH3 is 1. The molecular weight excluding hydrogens is 308 g/mol. The highest BCUT2D eigenvalue weighted by Gasteiger charge is 2.37. The van der Waals surface area contributed by atoms with Crippen LogP contribution < -0.4 is 5.32 Å². The Morgan fingerprint density at radius 2 is 2.14 bits per heavy atom. The van der Waals surface area contributed by atoms with Crippen molar-refractivity contribution in [1.82, 2.24) is 10.3 Å². The number of carboxylic acid groups (broad SMARTS) is 1. The second-order valence-corrected chi connectivity index (χ2v) is 6.46. The summed E-state index contributed by atoms with van der Waals surface area (Å²) in [6.07, 6.45) is 0.881. The third kappa shape index (κ3) is 4.02. The number of amides is 1. The molecule has 8 heteroatoms. The minimum absolute atomic E-state index is 0.106. The molecule has 1 aliphatic heterocycles. The molecule has 1 aromatic heterocycles. The van der Waals surface area contributed by atoms with Crippen LogP contribution in [-0.2, 0) is 20.9 Å². The summed E-state index contributed by atoms with van der Waals surface area (Å²) in [5.74, 6) is -1.20. The van der Waals surface area contributed by atoms with Crippen LogP contribution in [0.25, 0.3) is 0 Å². The Labute approximate surface area is 132 Å². The van der Waals surface area contributed by atoms with E-state index in [1.165, 1.54) is 11.3 Å². The lowest BCUT2D eigenvalue weighted by Crippen LogP contribution is -2.53. The van der Waals surface area contributed by atoms with Crippen molar-refractivity contribution in [2.24, 2.45) is 0 Å². The first-order valence-corrected chi connectivity index (χ1v) is 7.85. The Kier molecular flexibility index (Phi) is 5.49. The summed E-state index contributed by atoms with van der Waals surface area (Å²) in [6.45, 7) is 3.01. The van der Waals surface area contributed by atoms with Crippen LogP contribution in [0, 0.1) is 6.92 Å². The number of hydrogen-bond donors (Lipinski definition) is 2. The number of hydrogen-bond acceptors (Lipinski definition) is 6. The van der Waals surface area contributed by atoms with Gasteiger partial charge in [-0.3, -0.25) is 9.59 Å². The minimum Gasteiger partial charge on any atom is -0.481 e. The molecule has 0 saturated carbocycles. The molecule has 1 amide bonds. The first-order valence-electron chi connectivity index (χ1n) is 7.03. The number of thiazole rings is 1. The van der Waals surface area contributed by atoms with Gasteiger partial charge in [-0.05, 0) is 19.8 Å². The monoisotopic (exact) mass is 328 g/mol. The largest absolute Gasteiger partial charge is 0.481 e. The number of nitrogens with one attached hydrogen (secondary N) is 1. The van der Waals surface area contributed by atoms with Gasteiger partial charge in [-0.15, -0.1) is 11.3 Å². The Morgan fingerprint density at radius 3 is 2.73 bits per heavy atom. The third-order valence-corrected chi connectivity index (χ3v) is 4.76. The van der Waals surface area contributed by atoms with Gasteiger partial charge in [0.1, 0.15) is 9.88 Å². The van der Waals surface area contributed by atoms with Gasteiger partial charge in [0.25, 0.3) is 5.91 Å². The number of carbonyl (C=O) groups excluding carboxylic acids is 1. The predicted octanol–water partition coefficient (Wildman–Crippen LogP) is 1.35. The lowest BCUT2D eigenvalue weighted by atomic mass is 9.86. The fourth-order valence-corrected chi connectivity index (χ4v) is 3.48. The van der Waals surface area contributed by atoms with Gasteiger partial charge in [0, 0.05) is 20.3 Å². The van der Waals surface area contributed by atoms with E-state index in [9.17, 15) is 9.59 Å². The molecule has 7 nitrogen and oxygen atoms in total. The fourth-order valence-electron chi connectivity index (χ4n) is 2.54. The van der Waals surface area contributed by atoms with Crippen LogP contribution in [0.5, 0.6) is 0 Å². The fraction of sp³-hybridized carbons (Fsp3) is 0.643. The molecular formula is C14H20N2O5S. The number of aryl methyl sites for hydroxylation is 1. The van der Waals surface area contributed by atoms with Crippen molar-refractivity contribution in [1.29, 1.82) is 0 Å². The van der Waals surface area contributed by atoms with E-state index in [-0.39, 0.29) is 12.3 Å². The van der Waals surface area contributed by atoms with Crippen molar-refractivity contribution in [2.75, 3.05) is 20.3 Å². The molecule has 2 N–H and O–H groups in total. The van der Waals surface area contributed by atoms with E-state index in [1.54, 1.807) is 14.0 Å². The molecule has 0 spiro atoms. The van der Waals surface area contributed by atoms with Crippen LogP contribution >= 0.6 is 11.3 Å². The van der Waals surface area contributed by atoms with Crippen molar-refractivity contribution in [2.45, 2.75) is 38.3 Å². The van der Waals surface area contributed by atoms with Crippen molar-refractivity contribution >= 4 is 23.2 Å². The topological polar surface area (TPSA) is 97.8 Å². The van der Waals surface area contributed by atoms with Crippen LogP contribution in [-0.4, -0.2) is 47.8 Å². The normalized spacial score (nSPS) is 17.2. The highest BCUT2D eigenvalue weighted by atomic mass is 32.1. The Hall–Kier alpha value is -1.51. The van der Waals surface area contributed by atoms with Crippen molar-refractivity contribution in [3.8, 4) is 0 Å². The molecule has 0 radical (unpaired) electrons. The maximum absolute atomic E-state index is 12.5. The first-order chi connectivity index (χ1) is 10.5. The van der Waals surface area contributed by atoms with Gasteiger partial charge in [-0.25, -0.2) is 4.98 Å². The second kappa shape index (κ2) is 7.17. The second-order valence-electron chi connectivity index (χ2n) is 5.37. The summed E-state index contributed by atoms with van der Waals surface area (Å²) < 4.78 is 10.3. The van der Waals surface area contributed by atoms with Crippen LogP contribution in [0.4, 0.5) is 0 Å². The van der Waals surface area contributed by atoms with Crippen LogP contribution in [0.3, 0.4) is 0 Å². The Balaban J connectivity index is 2.15. The van der Waals surface area contributed by atoms with E-state index >= 15 is 0 Å². The van der Waals surface area contributed by atoms with Gasteiger partial charge in [-0.2, -0.15) is 0 Å². The molecule has 2 rings (SSSR count). The Morgan fingerprint density at radius 1 is 1.45 bits per heavy atom. The van der Waals surface area contributed by atoms with E-state index in [0.717, 1.165) is 5.01 Å². The zero-order valence-electron chi connectivity index (χ0n) is 12.7. The van der Waals surface area contributed by atoms with Gasteiger partial charge in [-0.1, -0.05) is 0 Å². The molecule has 0 aliphatic carbocycles. The summed E-state index contributed by atoms with van der Waals surface area (Å²) in [5, 5.41) is 12.8. The number of ether oxygens (including phenoxy) is 2. The molecule has 1 aromatic rings. The summed E-state index contributed by atoms with van der Waals surface area (Å²) in [4.78, 5) is 28.4. The maximum atomic E-state index is 12.5. The van der Waals surface area contributed by atoms with Crippen molar-refractivity contribution in [3.63, 3.8) is 0 Å². The van der Waals surface area contributed by atoms with Gasteiger partial charge >= 0.3 is 5.97 Å². The summed E-state index contributed by atoms with van der Waals surface area (Å²) in [7, 11) is 1.57. The standard InChI is InChI=1S/C14H20N2O5S/c1-9-12(22-10(15-9)8-20-2)13(19)16-14(7-11(17)18)3-5-21-6-4-14/h3-8H2,1-2H3,(H,16,19)(H,17,18). The zero-order valence-corrected chi connectivity index (χ0v) is 13.5. The average molecular weight is 328 g/mol. The third-order valence-electron chi connectivity index (χ3n) is 3.63. The molecule has 0 bridgehead atoms. The number of carboxylic acids is 1. The van der Waals surface area contributed by atoms with Crippen LogP contribution in [0.15, 0.2) is 0 Å². The molecule has 1 fully saturated rings. The number of carbonyl (C=O) groups is 2. The van der Waals surface area contributed by atoms with E-state index in [0.29, 0.717) is 43.2 Å². The zero-order chi connectivity index (χ0) is 16.2. The molecule has 1 aliphatic rings. The van der Waals surface area contributed by atoms with Gasteiger partial charge in [0.05, 0.1) is 24.3 Å². The lowest BCUT2D eigenvalue weighted by molar-refractivity contribution is -0.139. The van der Waals surface area contributed by atoms with E-state index in [4.69, 9.17) is 14.6 Å². The predicted molar refractivity (Wildman–Crippen MR) is 80.1 cm³/mol. The number of nitrogens with zero attached hydrogens (tertiary/aromatic N) is 1. The SMILES string of the molecule is COCc1nc(C)c(C(=O)NC2(CC(=O)O)CCOCC2)s1. The highest BCUT2D eigenvalue weighted by Crippen LogP contribution is 2.27. The molecule has 0 atom stereocenters. The summed E-state index contributed by atoms with van der Waals surface area (Å²) in [6, 6.07) is 0. The van der Waals surface area contributed by atoms with Crippen molar-refractivity contribution in [3.05, 3.63) is 15.6 Å². The Bertz CT molecular complexity index is 551. The first kappa shape index (κ1) is 16.9. The average Bonchev–Trinajstić information content (AvgIpc) is 2.80. The lowest BCUT2D eigenvalue weighted by Gasteiger charge is -2.36. The molecule has 0 aromatic carbocycles.